The Bertz CT molecular complexity index is 622. The van der Waals surface area contributed by atoms with E-state index in [0.717, 1.165) is 36.1 Å². The van der Waals surface area contributed by atoms with Crippen LogP contribution in [-0.4, -0.2) is 21.4 Å². The van der Waals surface area contributed by atoms with Gasteiger partial charge < -0.3 is 5.11 Å². The minimum atomic E-state index is -0.220. The van der Waals surface area contributed by atoms with Gasteiger partial charge in [0.2, 0.25) is 0 Å². The fourth-order valence-electron chi connectivity index (χ4n) is 2.02. The summed E-state index contributed by atoms with van der Waals surface area (Å²) in [6.45, 7) is 1.81. The van der Waals surface area contributed by atoms with Crippen molar-refractivity contribution in [2.75, 3.05) is 0 Å². The second kappa shape index (κ2) is 7.55. The molecular formula is C17H20N2O2. The van der Waals surface area contributed by atoms with Crippen molar-refractivity contribution in [2.24, 2.45) is 0 Å². The third kappa shape index (κ3) is 5.00. The maximum Gasteiger partial charge on any atom is 0.264 e. The average molecular weight is 284 g/mol. The molecule has 2 N–H and O–H groups in total. The zero-order valence-electron chi connectivity index (χ0n) is 12.1. The third-order valence-electron chi connectivity index (χ3n) is 3.19. The van der Waals surface area contributed by atoms with E-state index in [9.17, 15) is 9.90 Å². The number of aromatic nitrogens is 2. The average Bonchev–Trinajstić information content (AvgIpc) is 2.48. The number of benzene rings is 1. The topological polar surface area (TPSA) is 66.0 Å². The molecule has 2 rings (SSSR count). The molecule has 0 amide bonds. The molecule has 0 spiro atoms. The van der Waals surface area contributed by atoms with Crippen molar-refractivity contribution in [3.8, 4) is 11.3 Å². The first-order valence-electron chi connectivity index (χ1n) is 7.16. The summed E-state index contributed by atoms with van der Waals surface area (Å²) >= 11 is 0. The van der Waals surface area contributed by atoms with Crippen molar-refractivity contribution in [1.29, 1.82) is 0 Å². The number of hydrogen-bond donors (Lipinski definition) is 2. The highest BCUT2D eigenvalue weighted by Crippen LogP contribution is 2.16. The number of unbranched alkanes of at least 4 members (excludes halogenated alkanes) is 1. The number of aromatic amines is 1. The van der Waals surface area contributed by atoms with Gasteiger partial charge >= 0.3 is 0 Å². The Morgan fingerprint density at radius 1 is 1.24 bits per heavy atom. The van der Waals surface area contributed by atoms with Gasteiger partial charge in [0.15, 0.2) is 0 Å². The minimum Gasteiger partial charge on any atom is -0.393 e. The third-order valence-corrected chi connectivity index (χ3v) is 3.19. The van der Waals surface area contributed by atoms with Gasteiger partial charge in [-0.05, 0) is 37.8 Å². The molecule has 1 aromatic carbocycles. The molecule has 0 fully saturated rings. The number of allylic oxidation sites excluding steroid dienone is 1. The summed E-state index contributed by atoms with van der Waals surface area (Å²) < 4.78 is 0. The van der Waals surface area contributed by atoms with E-state index in [-0.39, 0.29) is 11.7 Å². The first-order chi connectivity index (χ1) is 10.1. The normalized spacial score (nSPS) is 12.7. The number of rotatable bonds is 6. The Labute approximate surface area is 124 Å². The summed E-state index contributed by atoms with van der Waals surface area (Å²) in [5, 5.41) is 15.6. The highest BCUT2D eigenvalue weighted by Gasteiger charge is 1.98. The van der Waals surface area contributed by atoms with E-state index in [1.807, 2.05) is 31.2 Å². The predicted molar refractivity (Wildman–Crippen MR) is 84.9 cm³/mol. The zero-order valence-corrected chi connectivity index (χ0v) is 12.1. The lowest BCUT2D eigenvalue weighted by molar-refractivity contribution is 0.182. The largest absolute Gasteiger partial charge is 0.393 e. The monoisotopic (exact) mass is 284 g/mol. The maximum atomic E-state index is 11.0. The van der Waals surface area contributed by atoms with Crippen molar-refractivity contribution < 1.29 is 5.11 Å². The molecule has 1 aromatic heterocycles. The second-order valence-corrected chi connectivity index (χ2v) is 5.11. The van der Waals surface area contributed by atoms with Gasteiger partial charge in [-0.25, -0.2) is 5.10 Å². The number of aliphatic hydroxyl groups excluding tert-OH is 1. The van der Waals surface area contributed by atoms with E-state index >= 15 is 0 Å². The lowest BCUT2D eigenvalue weighted by Gasteiger charge is -2.01. The highest BCUT2D eigenvalue weighted by molar-refractivity contribution is 5.61. The Morgan fingerprint density at radius 3 is 2.62 bits per heavy atom. The molecule has 2 aromatic rings. The molecule has 0 aliphatic rings. The van der Waals surface area contributed by atoms with Crippen molar-refractivity contribution in [3.05, 3.63) is 58.4 Å². The Balaban J connectivity index is 1.94. The minimum absolute atomic E-state index is 0.199. The van der Waals surface area contributed by atoms with Crippen LogP contribution in [0.25, 0.3) is 17.3 Å². The fraction of sp³-hybridized carbons (Fsp3) is 0.294. The van der Waals surface area contributed by atoms with E-state index in [0.29, 0.717) is 0 Å². The molecule has 110 valence electrons. The van der Waals surface area contributed by atoms with Gasteiger partial charge in [-0.2, -0.15) is 5.10 Å². The van der Waals surface area contributed by atoms with Gasteiger partial charge in [-0.3, -0.25) is 4.79 Å². The van der Waals surface area contributed by atoms with Crippen LogP contribution in [0.15, 0.2) is 47.3 Å². The molecule has 4 nitrogen and oxygen atoms in total. The van der Waals surface area contributed by atoms with Crippen LogP contribution in [-0.2, 0) is 0 Å². The molecule has 0 saturated heterocycles. The van der Waals surface area contributed by atoms with Crippen LogP contribution in [0.1, 0.15) is 31.7 Å². The molecule has 1 unspecified atom stereocenters. The first-order valence-corrected chi connectivity index (χ1v) is 7.16. The second-order valence-electron chi connectivity index (χ2n) is 5.11. The highest BCUT2D eigenvalue weighted by atomic mass is 16.3. The molecule has 4 heteroatoms. The summed E-state index contributed by atoms with van der Waals surface area (Å²) in [7, 11) is 0. The van der Waals surface area contributed by atoms with Crippen LogP contribution in [0, 0.1) is 0 Å². The molecule has 0 saturated carbocycles. The Hall–Kier alpha value is -2.20. The molecule has 0 radical (unpaired) electrons. The summed E-state index contributed by atoms with van der Waals surface area (Å²) in [6, 6.07) is 11.2. The lowest BCUT2D eigenvalue weighted by atomic mass is 10.1. The molecule has 0 aliphatic heterocycles. The van der Waals surface area contributed by atoms with E-state index in [1.165, 1.54) is 6.07 Å². The lowest BCUT2D eigenvalue weighted by Crippen LogP contribution is -2.05. The van der Waals surface area contributed by atoms with Crippen molar-refractivity contribution in [1.82, 2.24) is 10.2 Å². The number of hydrogen-bond acceptors (Lipinski definition) is 3. The smallest absolute Gasteiger partial charge is 0.264 e. The molecule has 21 heavy (non-hydrogen) atoms. The van der Waals surface area contributed by atoms with Gasteiger partial charge in [-0.15, -0.1) is 0 Å². The number of aliphatic hydroxyl groups is 1. The first kappa shape index (κ1) is 15.2. The van der Waals surface area contributed by atoms with Crippen LogP contribution in [0.5, 0.6) is 0 Å². The standard InChI is InChI=1S/C17H20N2O2/c1-13(20)5-3-2-4-6-14-7-9-15(10-8-14)16-11-12-17(21)19-18-16/h4,6-13,20H,2-3,5H2,1H3,(H,19,21). The van der Waals surface area contributed by atoms with Gasteiger partial charge in [0, 0.05) is 11.6 Å². The zero-order chi connectivity index (χ0) is 15.1. The summed E-state index contributed by atoms with van der Waals surface area (Å²) in [4.78, 5) is 11.0. The predicted octanol–water partition coefficient (Wildman–Crippen LogP) is 3.00. The SMILES string of the molecule is CC(O)CCCC=Cc1ccc(-c2ccc(=O)[nH]n2)cc1. The van der Waals surface area contributed by atoms with Crippen LogP contribution in [0.4, 0.5) is 0 Å². The summed E-state index contributed by atoms with van der Waals surface area (Å²) in [6.07, 6.45) is 6.77. The fourth-order valence-corrected chi connectivity index (χ4v) is 2.02. The van der Waals surface area contributed by atoms with Gasteiger partial charge in [0.05, 0.1) is 11.8 Å². The molecule has 0 aliphatic carbocycles. The van der Waals surface area contributed by atoms with Crippen LogP contribution >= 0.6 is 0 Å². The Morgan fingerprint density at radius 2 is 2.00 bits per heavy atom. The summed E-state index contributed by atoms with van der Waals surface area (Å²) in [5.74, 6) is 0. The van der Waals surface area contributed by atoms with E-state index in [4.69, 9.17) is 0 Å². The van der Waals surface area contributed by atoms with Gasteiger partial charge in [-0.1, -0.05) is 36.4 Å². The van der Waals surface area contributed by atoms with Crippen molar-refractivity contribution in [2.45, 2.75) is 32.3 Å². The van der Waals surface area contributed by atoms with Crippen molar-refractivity contribution >= 4 is 6.08 Å². The maximum absolute atomic E-state index is 11.0. The molecular weight excluding hydrogens is 264 g/mol. The van der Waals surface area contributed by atoms with Gasteiger partial charge in [0.25, 0.3) is 5.56 Å². The van der Waals surface area contributed by atoms with Gasteiger partial charge in [0.1, 0.15) is 0 Å². The van der Waals surface area contributed by atoms with E-state index in [1.54, 1.807) is 6.07 Å². The van der Waals surface area contributed by atoms with Crippen molar-refractivity contribution in [3.63, 3.8) is 0 Å². The molecule has 0 bridgehead atoms. The van der Waals surface area contributed by atoms with Crippen LogP contribution in [0.2, 0.25) is 0 Å². The van der Waals surface area contributed by atoms with E-state index in [2.05, 4.69) is 22.3 Å². The Kier molecular flexibility index (Phi) is 5.46. The van der Waals surface area contributed by atoms with Crippen LogP contribution < -0.4 is 5.56 Å². The quantitative estimate of drug-likeness (QED) is 0.801. The number of H-pyrrole nitrogens is 1. The van der Waals surface area contributed by atoms with Crippen LogP contribution in [0.3, 0.4) is 0 Å². The molecule has 1 atom stereocenters. The van der Waals surface area contributed by atoms with E-state index < -0.39 is 0 Å². The number of nitrogens with zero attached hydrogens (tertiary/aromatic N) is 1. The molecule has 1 heterocycles. The summed E-state index contributed by atoms with van der Waals surface area (Å²) in [5.41, 5.74) is 2.65. The number of nitrogens with one attached hydrogen (secondary N) is 1.